The average Bonchev–Trinajstić information content (AvgIpc) is 3.66. The van der Waals surface area contributed by atoms with Crippen molar-refractivity contribution in [2.24, 2.45) is 4.99 Å². The predicted octanol–water partition coefficient (Wildman–Crippen LogP) is 1.64. The molecule has 0 fully saturated rings. The van der Waals surface area contributed by atoms with Crippen LogP contribution in [0.4, 0.5) is 0 Å². The number of hydrogen-bond donors (Lipinski definition) is 4. The van der Waals surface area contributed by atoms with Crippen LogP contribution in [0.25, 0.3) is 0 Å². The van der Waals surface area contributed by atoms with E-state index in [4.69, 9.17) is 14.2 Å². The fourth-order valence-corrected chi connectivity index (χ4v) is 4.34. The number of hydrazine groups is 2. The lowest BCUT2D eigenvalue weighted by Gasteiger charge is -2.17. The van der Waals surface area contributed by atoms with E-state index < -0.39 is 0 Å². The van der Waals surface area contributed by atoms with E-state index in [1.807, 2.05) is 24.5 Å². The number of amides is 2. The van der Waals surface area contributed by atoms with Crippen LogP contribution >= 0.6 is 11.8 Å². The van der Waals surface area contributed by atoms with Gasteiger partial charge in [0.1, 0.15) is 5.70 Å². The summed E-state index contributed by atoms with van der Waals surface area (Å²) < 4.78 is 16.0. The molecule has 0 radical (unpaired) electrons. The van der Waals surface area contributed by atoms with E-state index in [2.05, 4.69) is 32.7 Å². The molecule has 0 bridgehead atoms. The number of aliphatic imine (C=N–C) groups is 1. The average molecular weight is 527 g/mol. The first kappa shape index (κ1) is 26.2. The molecule has 2 aromatic carbocycles. The molecule has 0 saturated carbocycles. The molecule has 2 aliphatic rings. The maximum atomic E-state index is 12.9. The van der Waals surface area contributed by atoms with E-state index in [-0.39, 0.29) is 23.6 Å². The van der Waals surface area contributed by atoms with Crippen LogP contribution < -0.4 is 35.8 Å². The molecule has 4 N–H and O–H groups in total. The zero-order valence-electron chi connectivity index (χ0n) is 21.1. The maximum Gasteiger partial charge on any atom is 0.271 e. The first-order valence-electron chi connectivity index (χ1n) is 11.5. The summed E-state index contributed by atoms with van der Waals surface area (Å²) in [7, 11) is 4.46. The Labute approximate surface area is 219 Å². The van der Waals surface area contributed by atoms with Crippen molar-refractivity contribution in [1.82, 2.24) is 26.6 Å². The second kappa shape index (κ2) is 11.9. The number of rotatable bonds is 12. The highest BCUT2D eigenvalue weighted by Crippen LogP contribution is 2.39. The third-order valence-corrected chi connectivity index (χ3v) is 6.55. The minimum atomic E-state index is -0.326. The zero-order chi connectivity index (χ0) is 26.4. The lowest BCUT2D eigenvalue weighted by Crippen LogP contribution is -2.42. The summed E-state index contributed by atoms with van der Waals surface area (Å²) in [5.74, 6) is 0.511. The van der Waals surface area contributed by atoms with Gasteiger partial charge in [-0.2, -0.15) is 0 Å². The molecule has 0 aromatic heterocycles. The number of methoxy groups -OCH3 is 3. The first-order valence-corrected chi connectivity index (χ1v) is 12.8. The number of nitrogens with one attached hydrogen (secondary N) is 4. The number of ether oxygens (including phenoxy) is 3. The Morgan fingerprint density at radius 3 is 2.57 bits per heavy atom. The van der Waals surface area contributed by atoms with E-state index in [1.54, 1.807) is 35.1 Å². The van der Waals surface area contributed by atoms with Gasteiger partial charge in [0.2, 0.25) is 5.75 Å². The third kappa shape index (κ3) is 6.09. The number of hydrogen-bond acceptors (Lipinski definition) is 10. The molecule has 4 rings (SSSR count). The fourth-order valence-electron chi connectivity index (χ4n) is 3.87. The minimum Gasteiger partial charge on any atom is -0.493 e. The molecule has 2 aliphatic heterocycles. The van der Waals surface area contributed by atoms with Gasteiger partial charge in [-0.05, 0) is 36.1 Å². The zero-order valence-corrected chi connectivity index (χ0v) is 21.9. The van der Waals surface area contributed by atoms with Crippen LogP contribution in [0.5, 0.6) is 17.2 Å². The van der Waals surface area contributed by atoms with Crippen LogP contribution in [0.1, 0.15) is 22.0 Å². The van der Waals surface area contributed by atoms with Gasteiger partial charge in [-0.1, -0.05) is 12.1 Å². The van der Waals surface area contributed by atoms with E-state index in [1.165, 1.54) is 21.3 Å². The van der Waals surface area contributed by atoms with Crippen molar-refractivity contribution in [3.8, 4) is 17.2 Å². The summed E-state index contributed by atoms with van der Waals surface area (Å²) in [6.45, 7) is 1.35. The molecule has 11 nitrogen and oxygen atoms in total. The molecule has 0 spiro atoms. The number of carbonyl (C=O) groups excluding carboxylic acids is 2. The first-order chi connectivity index (χ1) is 18.0. The number of thioether (sulfide) groups is 1. The molecule has 2 amide bonds. The lowest BCUT2D eigenvalue weighted by molar-refractivity contribution is -0.118. The van der Waals surface area contributed by atoms with E-state index in [0.717, 1.165) is 16.2 Å². The van der Waals surface area contributed by atoms with E-state index in [0.29, 0.717) is 42.4 Å². The van der Waals surface area contributed by atoms with Gasteiger partial charge in [-0.25, -0.2) is 0 Å². The van der Waals surface area contributed by atoms with Crippen LogP contribution in [0.3, 0.4) is 0 Å². The van der Waals surface area contributed by atoms with Crippen LogP contribution in [0, 0.1) is 0 Å². The normalized spacial score (nSPS) is 14.6. The molecule has 0 saturated heterocycles. The molecule has 12 heteroatoms. The van der Waals surface area contributed by atoms with Crippen molar-refractivity contribution in [2.45, 2.75) is 10.9 Å². The Morgan fingerprint density at radius 1 is 1.11 bits per heavy atom. The predicted molar refractivity (Wildman–Crippen MR) is 141 cm³/mol. The highest BCUT2D eigenvalue weighted by atomic mass is 32.2. The fraction of sp³-hybridized carbons (Fsp3) is 0.320. The van der Waals surface area contributed by atoms with Crippen LogP contribution in [0.2, 0.25) is 0 Å². The minimum absolute atomic E-state index is 0.261. The Hall–Kier alpha value is -3.90. The smallest absolute Gasteiger partial charge is 0.271 e. The topological polar surface area (TPSA) is 126 Å². The Morgan fingerprint density at radius 2 is 1.89 bits per heavy atom. The van der Waals surface area contributed by atoms with Gasteiger partial charge in [-0.3, -0.25) is 25.0 Å². The summed E-state index contributed by atoms with van der Waals surface area (Å²) in [4.78, 5) is 31.1. The van der Waals surface area contributed by atoms with Crippen molar-refractivity contribution >= 4 is 29.3 Å². The number of nitrogens with zero attached hydrogens (tertiary/aromatic N) is 2. The van der Waals surface area contributed by atoms with Gasteiger partial charge in [0, 0.05) is 17.6 Å². The Kier molecular flexibility index (Phi) is 8.41. The van der Waals surface area contributed by atoms with Gasteiger partial charge in [-0.15, -0.1) is 17.3 Å². The quantitative estimate of drug-likeness (QED) is 0.306. The van der Waals surface area contributed by atoms with Gasteiger partial charge in [0.25, 0.3) is 11.8 Å². The van der Waals surface area contributed by atoms with E-state index >= 15 is 0 Å². The van der Waals surface area contributed by atoms with Gasteiger partial charge in [0.15, 0.2) is 11.5 Å². The highest BCUT2D eigenvalue weighted by molar-refractivity contribution is 7.98. The number of benzene rings is 2. The Bertz CT molecular complexity index is 1230. The SMILES string of the molecule is COc1ccc(C(=O)NCCN2C=C(C(=O)NC(C3=NC3)c3cccc(SC)c3)NN2)c(OC)c1OC. The molecule has 0 aliphatic carbocycles. The molecule has 1 atom stereocenters. The molecular weight excluding hydrogens is 496 g/mol. The summed E-state index contributed by atoms with van der Waals surface area (Å²) in [5, 5.41) is 7.58. The third-order valence-electron chi connectivity index (χ3n) is 5.83. The summed E-state index contributed by atoms with van der Waals surface area (Å²) in [6.07, 6.45) is 3.67. The van der Waals surface area contributed by atoms with Crippen molar-refractivity contribution in [1.29, 1.82) is 0 Å². The largest absolute Gasteiger partial charge is 0.493 e. The summed E-state index contributed by atoms with van der Waals surface area (Å²) in [5.41, 5.74) is 8.42. The van der Waals surface area contributed by atoms with Crippen LogP contribution in [0.15, 0.2) is 58.2 Å². The maximum absolute atomic E-state index is 12.9. The number of carbonyl (C=O) groups is 2. The second-order valence-corrected chi connectivity index (χ2v) is 8.98. The van der Waals surface area contributed by atoms with Crippen LogP contribution in [-0.2, 0) is 4.79 Å². The van der Waals surface area contributed by atoms with E-state index in [9.17, 15) is 9.59 Å². The van der Waals surface area contributed by atoms with Crippen molar-refractivity contribution in [3.05, 3.63) is 59.4 Å². The molecular formula is C25H30N6O5S. The van der Waals surface area contributed by atoms with Gasteiger partial charge >= 0.3 is 0 Å². The van der Waals surface area contributed by atoms with Crippen molar-refractivity contribution in [2.75, 3.05) is 47.2 Å². The lowest BCUT2D eigenvalue weighted by atomic mass is 10.0. The molecule has 196 valence electrons. The Balaban J connectivity index is 1.33. The van der Waals surface area contributed by atoms with Gasteiger partial charge in [0.05, 0.1) is 51.7 Å². The van der Waals surface area contributed by atoms with Crippen LogP contribution in [-0.4, -0.2) is 69.8 Å². The summed E-state index contributed by atoms with van der Waals surface area (Å²) >= 11 is 1.65. The molecule has 1 unspecified atom stereocenters. The van der Waals surface area contributed by atoms with Gasteiger partial charge < -0.3 is 24.8 Å². The second-order valence-electron chi connectivity index (χ2n) is 8.10. The van der Waals surface area contributed by atoms with Crippen molar-refractivity contribution < 1.29 is 23.8 Å². The highest BCUT2D eigenvalue weighted by Gasteiger charge is 2.29. The molecule has 2 heterocycles. The summed E-state index contributed by atoms with van der Waals surface area (Å²) in [6, 6.07) is 11.1. The van der Waals surface area contributed by atoms with Crippen molar-refractivity contribution in [3.63, 3.8) is 0 Å². The molecule has 37 heavy (non-hydrogen) atoms. The standard InChI is InChI=1S/C25H30N6O5S/c1-34-20-9-8-17(22(35-2)23(20)36-3)24(32)26-10-11-31-14-19(29-30-31)25(33)28-21(18-13-27-18)15-6-5-7-16(12-15)37-4/h5-9,12,14,21,29-30H,10-11,13H2,1-4H3,(H,26,32)(H,28,33). The monoisotopic (exact) mass is 526 g/mol. The molecule has 2 aromatic rings.